The minimum Gasteiger partial charge on any atom is -0.467 e. The lowest BCUT2D eigenvalue weighted by Gasteiger charge is -2.39. The van der Waals surface area contributed by atoms with Crippen LogP contribution in [-0.4, -0.2) is 41.0 Å². The SMILES string of the molecule is COC(=O)[C@@H](C)N(C(=O)c1cscn1)C1CCC1. The Bertz CT molecular complexity index is 429. The fourth-order valence-electron chi connectivity index (χ4n) is 2.06. The number of methoxy groups -OCH3 is 1. The first-order valence-corrected chi connectivity index (χ1v) is 6.88. The van der Waals surface area contributed by atoms with Crippen molar-refractivity contribution in [1.29, 1.82) is 0 Å². The molecular weight excluding hydrogens is 252 g/mol. The molecule has 6 heteroatoms. The molecule has 1 saturated carbocycles. The van der Waals surface area contributed by atoms with Crippen molar-refractivity contribution in [1.82, 2.24) is 9.88 Å². The second-order valence-corrected chi connectivity index (χ2v) is 5.09. The Morgan fingerprint density at radius 1 is 1.56 bits per heavy atom. The molecule has 0 spiro atoms. The zero-order valence-corrected chi connectivity index (χ0v) is 11.3. The van der Waals surface area contributed by atoms with Crippen LogP contribution in [0.3, 0.4) is 0 Å². The minimum atomic E-state index is -0.561. The molecular formula is C12H16N2O3S. The third kappa shape index (κ3) is 2.38. The Morgan fingerprint density at radius 3 is 2.72 bits per heavy atom. The van der Waals surface area contributed by atoms with Gasteiger partial charge < -0.3 is 9.64 Å². The number of thiazole rings is 1. The van der Waals surface area contributed by atoms with Crippen LogP contribution in [0.2, 0.25) is 0 Å². The summed E-state index contributed by atoms with van der Waals surface area (Å²) in [6.45, 7) is 1.70. The van der Waals surface area contributed by atoms with E-state index in [0.29, 0.717) is 5.69 Å². The van der Waals surface area contributed by atoms with Crippen LogP contribution in [0.4, 0.5) is 0 Å². The summed E-state index contributed by atoms with van der Waals surface area (Å²) in [6, 6.07) is -0.428. The Morgan fingerprint density at radius 2 is 2.28 bits per heavy atom. The van der Waals surface area contributed by atoms with E-state index >= 15 is 0 Å². The molecule has 2 rings (SSSR count). The van der Waals surface area contributed by atoms with Crippen molar-refractivity contribution >= 4 is 23.2 Å². The summed E-state index contributed by atoms with van der Waals surface area (Å²) in [7, 11) is 1.34. The standard InChI is InChI=1S/C12H16N2O3S/c1-8(12(16)17-2)14(9-4-3-5-9)11(15)10-6-18-7-13-10/h6-9H,3-5H2,1-2H3/t8-/m1/s1. The number of hydrogen-bond acceptors (Lipinski definition) is 5. The number of amides is 1. The summed E-state index contributed by atoms with van der Waals surface area (Å²) >= 11 is 1.37. The van der Waals surface area contributed by atoms with Gasteiger partial charge in [-0.1, -0.05) is 0 Å². The van der Waals surface area contributed by atoms with Crippen LogP contribution in [0.1, 0.15) is 36.7 Å². The summed E-state index contributed by atoms with van der Waals surface area (Å²) in [6.07, 6.45) is 2.98. The number of aromatic nitrogens is 1. The number of ether oxygens (including phenoxy) is 1. The van der Waals surface area contributed by atoms with Gasteiger partial charge in [0, 0.05) is 11.4 Å². The van der Waals surface area contributed by atoms with Gasteiger partial charge in [0.2, 0.25) is 0 Å². The van der Waals surface area contributed by atoms with E-state index in [-0.39, 0.29) is 17.9 Å². The van der Waals surface area contributed by atoms with Gasteiger partial charge >= 0.3 is 5.97 Å². The first kappa shape index (κ1) is 13.0. The molecule has 1 aliphatic carbocycles. The highest BCUT2D eigenvalue weighted by atomic mass is 32.1. The second kappa shape index (κ2) is 5.48. The third-order valence-corrected chi connectivity index (χ3v) is 3.90. The van der Waals surface area contributed by atoms with Gasteiger partial charge in [0.1, 0.15) is 11.7 Å². The van der Waals surface area contributed by atoms with Crippen LogP contribution in [-0.2, 0) is 9.53 Å². The van der Waals surface area contributed by atoms with Gasteiger partial charge in [-0.15, -0.1) is 11.3 Å². The van der Waals surface area contributed by atoms with Crippen LogP contribution in [0.5, 0.6) is 0 Å². The van der Waals surface area contributed by atoms with E-state index in [1.807, 2.05) is 0 Å². The lowest BCUT2D eigenvalue weighted by Crippen LogP contribution is -2.52. The Balaban J connectivity index is 2.19. The molecule has 1 amide bonds. The van der Waals surface area contributed by atoms with Gasteiger partial charge in [-0.3, -0.25) is 4.79 Å². The highest BCUT2D eigenvalue weighted by molar-refractivity contribution is 7.07. The van der Waals surface area contributed by atoms with E-state index in [1.54, 1.807) is 22.7 Å². The maximum absolute atomic E-state index is 12.4. The van der Waals surface area contributed by atoms with Crippen molar-refractivity contribution < 1.29 is 14.3 Å². The molecule has 1 aromatic heterocycles. The van der Waals surface area contributed by atoms with Crippen molar-refractivity contribution in [2.24, 2.45) is 0 Å². The molecule has 1 aliphatic rings. The van der Waals surface area contributed by atoms with Crippen LogP contribution in [0.25, 0.3) is 0 Å². The molecule has 1 atom stereocenters. The minimum absolute atomic E-state index is 0.133. The predicted molar refractivity (Wildman–Crippen MR) is 67.4 cm³/mol. The first-order valence-electron chi connectivity index (χ1n) is 5.94. The van der Waals surface area contributed by atoms with E-state index in [9.17, 15) is 9.59 Å². The number of carbonyl (C=O) groups is 2. The summed E-state index contributed by atoms with van der Waals surface area (Å²) in [5, 5.41) is 1.71. The molecule has 1 aromatic rings. The average Bonchev–Trinajstić information content (AvgIpc) is 2.84. The molecule has 1 heterocycles. The Kier molecular flexibility index (Phi) is 3.96. The van der Waals surface area contributed by atoms with Gasteiger partial charge in [-0.2, -0.15) is 0 Å². The molecule has 98 valence electrons. The highest BCUT2D eigenvalue weighted by Gasteiger charge is 2.36. The largest absolute Gasteiger partial charge is 0.467 e. The summed E-state index contributed by atoms with van der Waals surface area (Å²) in [5.74, 6) is -0.565. The summed E-state index contributed by atoms with van der Waals surface area (Å²) < 4.78 is 4.73. The smallest absolute Gasteiger partial charge is 0.328 e. The summed E-state index contributed by atoms with van der Waals surface area (Å²) in [4.78, 5) is 29.6. The molecule has 0 unspecified atom stereocenters. The molecule has 0 aromatic carbocycles. The van der Waals surface area contributed by atoms with Crippen molar-refractivity contribution in [3.05, 3.63) is 16.6 Å². The summed E-state index contributed by atoms with van der Waals surface area (Å²) in [5.41, 5.74) is 2.03. The second-order valence-electron chi connectivity index (χ2n) is 4.37. The third-order valence-electron chi connectivity index (χ3n) is 3.31. The van der Waals surface area contributed by atoms with Crippen molar-refractivity contribution in [3.63, 3.8) is 0 Å². The van der Waals surface area contributed by atoms with E-state index in [1.165, 1.54) is 18.4 Å². The number of esters is 1. The zero-order chi connectivity index (χ0) is 13.1. The molecule has 0 radical (unpaired) electrons. The Labute approximate surface area is 110 Å². The zero-order valence-electron chi connectivity index (χ0n) is 10.5. The maximum atomic E-state index is 12.4. The lowest BCUT2D eigenvalue weighted by molar-refractivity contribution is -0.146. The highest BCUT2D eigenvalue weighted by Crippen LogP contribution is 2.28. The quantitative estimate of drug-likeness (QED) is 0.780. The first-order chi connectivity index (χ1) is 8.65. The van der Waals surface area contributed by atoms with Gasteiger partial charge in [0.05, 0.1) is 12.6 Å². The maximum Gasteiger partial charge on any atom is 0.328 e. The molecule has 1 fully saturated rings. The van der Waals surface area contributed by atoms with E-state index in [4.69, 9.17) is 4.74 Å². The Hall–Kier alpha value is -1.43. The molecule has 0 N–H and O–H groups in total. The molecule has 18 heavy (non-hydrogen) atoms. The van der Waals surface area contributed by atoms with Crippen molar-refractivity contribution in [3.8, 4) is 0 Å². The number of nitrogens with zero attached hydrogens (tertiary/aromatic N) is 2. The fourth-order valence-corrected chi connectivity index (χ4v) is 2.58. The van der Waals surface area contributed by atoms with Crippen LogP contribution < -0.4 is 0 Å². The van der Waals surface area contributed by atoms with Gasteiger partial charge in [0.25, 0.3) is 5.91 Å². The fraction of sp³-hybridized carbons (Fsp3) is 0.583. The molecule has 5 nitrogen and oxygen atoms in total. The van der Waals surface area contributed by atoms with E-state index in [2.05, 4.69) is 4.98 Å². The molecule has 0 aliphatic heterocycles. The number of hydrogen-bond donors (Lipinski definition) is 0. The topological polar surface area (TPSA) is 59.5 Å². The van der Waals surface area contributed by atoms with E-state index in [0.717, 1.165) is 19.3 Å². The van der Waals surface area contributed by atoms with Crippen LogP contribution >= 0.6 is 11.3 Å². The molecule has 0 bridgehead atoms. The van der Waals surface area contributed by atoms with Crippen molar-refractivity contribution in [2.75, 3.05) is 7.11 Å². The van der Waals surface area contributed by atoms with E-state index < -0.39 is 6.04 Å². The number of rotatable bonds is 4. The lowest BCUT2D eigenvalue weighted by atomic mass is 9.90. The normalized spacial score (nSPS) is 16.8. The molecule has 0 saturated heterocycles. The van der Waals surface area contributed by atoms with Gasteiger partial charge in [-0.25, -0.2) is 9.78 Å². The van der Waals surface area contributed by atoms with Gasteiger partial charge in [0.15, 0.2) is 0 Å². The average molecular weight is 268 g/mol. The predicted octanol–water partition coefficient (Wildman–Crippen LogP) is 1.70. The number of carbonyl (C=O) groups excluding carboxylic acids is 2. The van der Waals surface area contributed by atoms with Crippen LogP contribution in [0, 0.1) is 0 Å². The monoisotopic (exact) mass is 268 g/mol. The van der Waals surface area contributed by atoms with Gasteiger partial charge in [-0.05, 0) is 26.2 Å². The van der Waals surface area contributed by atoms with Crippen molar-refractivity contribution in [2.45, 2.75) is 38.3 Å². The van der Waals surface area contributed by atoms with Crippen LogP contribution in [0.15, 0.2) is 10.9 Å².